The van der Waals surface area contributed by atoms with Crippen molar-refractivity contribution in [3.8, 4) is 5.75 Å². The molecular formula is C25H23N3O3. The Morgan fingerprint density at radius 2 is 1.74 bits per heavy atom. The van der Waals surface area contributed by atoms with Gasteiger partial charge in [0.25, 0.3) is 5.56 Å². The number of amides is 1. The van der Waals surface area contributed by atoms with Gasteiger partial charge in [0.1, 0.15) is 18.9 Å². The number of aryl methyl sites for hydroxylation is 1. The minimum atomic E-state index is -0.250. The van der Waals surface area contributed by atoms with Crippen LogP contribution in [-0.4, -0.2) is 15.5 Å². The Balaban J connectivity index is 1.32. The molecule has 0 saturated carbocycles. The summed E-state index contributed by atoms with van der Waals surface area (Å²) in [5, 5.41) is 3.36. The van der Waals surface area contributed by atoms with Crippen LogP contribution in [0.1, 0.15) is 16.7 Å². The molecule has 4 aromatic rings. The van der Waals surface area contributed by atoms with Crippen molar-refractivity contribution in [3.05, 3.63) is 106 Å². The minimum Gasteiger partial charge on any atom is -0.489 e. The second kappa shape index (κ2) is 9.26. The van der Waals surface area contributed by atoms with Crippen LogP contribution < -0.4 is 15.6 Å². The molecule has 6 heteroatoms. The molecule has 6 nitrogen and oxygen atoms in total. The molecule has 156 valence electrons. The highest BCUT2D eigenvalue weighted by Crippen LogP contribution is 2.14. The lowest BCUT2D eigenvalue weighted by Gasteiger charge is -2.10. The van der Waals surface area contributed by atoms with Crippen molar-refractivity contribution in [3.63, 3.8) is 0 Å². The number of para-hydroxylation sites is 1. The predicted molar refractivity (Wildman–Crippen MR) is 120 cm³/mol. The van der Waals surface area contributed by atoms with E-state index in [1.165, 1.54) is 10.9 Å². The minimum absolute atomic E-state index is 0.0754. The van der Waals surface area contributed by atoms with Crippen molar-refractivity contribution in [2.75, 3.05) is 0 Å². The summed E-state index contributed by atoms with van der Waals surface area (Å²) in [7, 11) is 0. The van der Waals surface area contributed by atoms with Crippen LogP contribution in [0, 0.1) is 6.92 Å². The Kier molecular flexibility index (Phi) is 6.08. The van der Waals surface area contributed by atoms with E-state index in [1.54, 1.807) is 6.07 Å². The SMILES string of the molecule is Cc1cccc2c(=O)n(CC(=O)NCc3ccc(OCc4ccccc4)cc3)cnc12. The van der Waals surface area contributed by atoms with Gasteiger partial charge in [0.2, 0.25) is 5.91 Å². The summed E-state index contributed by atoms with van der Waals surface area (Å²) >= 11 is 0. The monoisotopic (exact) mass is 413 g/mol. The maximum atomic E-state index is 12.6. The average molecular weight is 413 g/mol. The largest absolute Gasteiger partial charge is 0.489 e. The fraction of sp³-hybridized carbons (Fsp3) is 0.160. The standard InChI is InChI=1S/C25H23N3O3/c1-18-6-5-9-22-24(18)27-17-28(25(22)30)15-23(29)26-14-19-10-12-21(13-11-19)31-16-20-7-3-2-4-8-20/h2-13,17H,14-16H2,1H3,(H,26,29). The van der Waals surface area contributed by atoms with Crippen LogP contribution in [0.2, 0.25) is 0 Å². The molecule has 0 aliphatic heterocycles. The van der Waals surface area contributed by atoms with Gasteiger partial charge in [0.05, 0.1) is 17.2 Å². The number of benzene rings is 3. The molecular weight excluding hydrogens is 390 g/mol. The molecule has 0 bridgehead atoms. The summed E-state index contributed by atoms with van der Waals surface area (Å²) < 4.78 is 7.11. The molecule has 0 aliphatic rings. The van der Waals surface area contributed by atoms with Gasteiger partial charge in [-0.05, 0) is 41.8 Å². The third kappa shape index (κ3) is 4.98. The molecule has 3 aromatic carbocycles. The smallest absolute Gasteiger partial charge is 0.261 e. The first-order valence-corrected chi connectivity index (χ1v) is 10.1. The van der Waals surface area contributed by atoms with Crippen LogP contribution in [0.4, 0.5) is 0 Å². The summed E-state index contributed by atoms with van der Waals surface area (Å²) in [4.78, 5) is 29.3. The summed E-state index contributed by atoms with van der Waals surface area (Å²) in [5.41, 5.74) is 3.43. The summed E-state index contributed by atoms with van der Waals surface area (Å²) in [6.07, 6.45) is 1.43. The van der Waals surface area contributed by atoms with E-state index in [1.807, 2.05) is 73.7 Å². The number of carbonyl (C=O) groups is 1. The third-order valence-corrected chi connectivity index (χ3v) is 5.03. The number of nitrogens with zero attached hydrogens (tertiary/aromatic N) is 2. The van der Waals surface area contributed by atoms with E-state index in [0.717, 1.165) is 22.4 Å². The van der Waals surface area contributed by atoms with E-state index in [-0.39, 0.29) is 18.0 Å². The first-order valence-electron chi connectivity index (χ1n) is 10.1. The Bertz CT molecular complexity index is 1250. The van der Waals surface area contributed by atoms with Gasteiger partial charge in [0.15, 0.2) is 0 Å². The number of fused-ring (bicyclic) bond motifs is 1. The highest BCUT2D eigenvalue weighted by Gasteiger charge is 2.09. The van der Waals surface area contributed by atoms with Gasteiger partial charge in [-0.25, -0.2) is 4.98 Å². The number of nitrogens with one attached hydrogen (secondary N) is 1. The van der Waals surface area contributed by atoms with Crippen LogP contribution in [0.15, 0.2) is 83.9 Å². The van der Waals surface area contributed by atoms with E-state index in [9.17, 15) is 9.59 Å². The second-order valence-electron chi connectivity index (χ2n) is 7.34. The van der Waals surface area contributed by atoms with Crippen molar-refractivity contribution < 1.29 is 9.53 Å². The Labute approximate surface area is 180 Å². The molecule has 0 fully saturated rings. The van der Waals surface area contributed by atoms with Crippen molar-refractivity contribution in [2.45, 2.75) is 26.6 Å². The van der Waals surface area contributed by atoms with Crippen LogP contribution >= 0.6 is 0 Å². The molecule has 1 N–H and O–H groups in total. The first kappa shape index (κ1) is 20.3. The maximum Gasteiger partial charge on any atom is 0.261 e. The number of aromatic nitrogens is 2. The lowest BCUT2D eigenvalue weighted by molar-refractivity contribution is -0.121. The zero-order chi connectivity index (χ0) is 21.6. The Morgan fingerprint density at radius 1 is 0.968 bits per heavy atom. The first-order chi connectivity index (χ1) is 15.1. The number of rotatable bonds is 7. The Morgan fingerprint density at radius 3 is 2.52 bits per heavy atom. The predicted octanol–water partition coefficient (Wildman–Crippen LogP) is 3.60. The Hall–Kier alpha value is -3.93. The van der Waals surface area contributed by atoms with E-state index in [4.69, 9.17) is 4.74 Å². The highest BCUT2D eigenvalue weighted by atomic mass is 16.5. The van der Waals surface area contributed by atoms with E-state index < -0.39 is 0 Å². The molecule has 0 spiro atoms. The lowest BCUT2D eigenvalue weighted by Crippen LogP contribution is -2.32. The average Bonchev–Trinajstić information content (AvgIpc) is 2.80. The molecule has 0 atom stereocenters. The number of ether oxygens (including phenoxy) is 1. The highest BCUT2D eigenvalue weighted by molar-refractivity contribution is 5.81. The molecule has 1 heterocycles. The lowest BCUT2D eigenvalue weighted by atomic mass is 10.1. The second-order valence-corrected chi connectivity index (χ2v) is 7.34. The molecule has 0 aliphatic carbocycles. The number of hydrogen-bond donors (Lipinski definition) is 1. The number of carbonyl (C=O) groups excluding carboxylic acids is 1. The van der Waals surface area contributed by atoms with Gasteiger partial charge in [-0.1, -0.05) is 54.6 Å². The fourth-order valence-electron chi connectivity index (χ4n) is 3.31. The van der Waals surface area contributed by atoms with Gasteiger partial charge in [-0.2, -0.15) is 0 Å². The summed E-state index contributed by atoms with van der Waals surface area (Å²) in [6, 6.07) is 23.0. The molecule has 1 amide bonds. The van der Waals surface area contributed by atoms with Gasteiger partial charge < -0.3 is 10.1 Å². The van der Waals surface area contributed by atoms with Gasteiger partial charge >= 0.3 is 0 Å². The molecule has 0 radical (unpaired) electrons. The molecule has 4 rings (SSSR count). The third-order valence-electron chi connectivity index (χ3n) is 5.03. The van der Waals surface area contributed by atoms with E-state index >= 15 is 0 Å². The van der Waals surface area contributed by atoms with E-state index in [2.05, 4.69) is 10.3 Å². The van der Waals surface area contributed by atoms with Crippen molar-refractivity contribution in [1.82, 2.24) is 14.9 Å². The van der Waals surface area contributed by atoms with Crippen molar-refractivity contribution >= 4 is 16.8 Å². The topological polar surface area (TPSA) is 73.2 Å². The molecule has 31 heavy (non-hydrogen) atoms. The van der Waals surface area contributed by atoms with Crippen molar-refractivity contribution in [2.24, 2.45) is 0 Å². The summed E-state index contributed by atoms with van der Waals surface area (Å²) in [6.45, 7) is 2.70. The fourth-order valence-corrected chi connectivity index (χ4v) is 3.31. The van der Waals surface area contributed by atoms with Crippen molar-refractivity contribution in [1.29, 1.82) is 0 Å². The molecule has 0 unspecified atom stereocenters. The quantitative estimate of drug-likeness (QED) is 0.502. The number of hydrogen-bond acceptors (Lipinski definition) is 4. The van der Waals surface area contributed by atoms with Gasteiger partial charge in [-0.3, -0.25) is 14.2 Å². The van der Waals surface area contributed by atoms with Gasteiger partial charge in [-0.15, -0.1) is 0 Å². The zero-order valence-electron chi connectivity index (χ0n) is 17.2. The zero-order valence-corrected chi connectivity index (χ0v) is 17.2. The molecule has 1 aromatic heterocycles. The summed E-state index contributed by atoms with van der Waals surface area (Å²) in [5.74, 6) is 0.517. The van der Waals surface area contributed by atoms with Crippen LogP contribution in [-0.2, 0) is 24.5 Å². The van der Waals surface area contributed by atoms with Crippen LogP contribution in [0.25, 0.3) is 10.9 Å². The van der Waals surface area contributed by atoms with Crippen LogP contribution in [0.3, 0.4) is 0 Å². The van der Waals surface area contributed by atoms with Gasteiger partial charge in [0, 0.05) is 6.54 Å². The van der Waals surface area contributed by atoms with Crippen LogP contribution in [0.5, 0.6) is 5.75 Å². The molecule has 0 saturated heterocycles. The maximum absolute atomic E-state index is 12.6. The van der Waals surface area contributed by atoms with E-state index in [0.29, 0.717) is 24.1 Å². The normalized spacial score (nSPS) is 10.7.